The van der Waals surface area contributed by atoms with Crippen LogP contribution in [0.4, 0.5) is 11.4 Å². The molecule has 0 aliphatic carbocycles. The smallest absolute Gasteiger partial charge is 0.337 e. The molecule has 1 atom stereocenters. The Morgan fingerprint density at radius 1 is 1.47 bits per heavy atom. The molecule has 2 rings (SSSR count). The summed E-state index contributed by atoms with van der Waals surface area (Å²) >= 11 is 0. The number of aromatic carboxylic acids is 1. The SMILES string of the molecule is CC1C(=O)NC(=O)CN1c1ccc(N)c(C(=O)O)c1. The number of carbonyl (C=O) groups excluding carboxylic acids is 2. The van der Waals surface area contributed by atoms with Gasteiger partial charge in [-0.05, 0) is 25.1 Å². The van der Waals surface area contributed by atoms with Crippen LogP contribution in [-0.2, 0) is 9.59 Å². The number of nitrogens with two attached hydrogens (primary N) is 1. The van der Waals surface area contributed by atoms with Crippen molar-refractivity contribution in [1.82, 2.24) is 5.32 Å². The molecule has 1 unspecified atom stereocenters. The monoisotopic (exact) mass is 263 g/mol. The Balaban J connectivity index is 2.40. The summed E-state index contributed by atoms with van der Waals surface area (Å²) in [6.45, 7) is 1.63. The number of benzene rings is 1. The van der Waals surface area contributed by atoms with Gasteiger partial charge in [0.25, 0.3) is 0 Å². The standard InChI is InChI=1S/C12H13N3O4/c1-6-11(17)14-10(16)5-15(6)7-2-3-9(13)8(4-7)12(18)19/h2-4,6H,5,13H2,1H3,(H,18,19)(H,14,16,17). The number of piperazine rings is 1. The van der Waals surface area contributed by atoms with E-state index in [2.05, 4.69) is 5.32 Å². The molecule has 100 valence electrons. The van der Waals surface area contributed by atoms with Crippen molar-refractivity contribution < 1.29 is 19.5 Å². The summed E-state index contributed by atoms with van der Waals surface area (Å²) in [5, 5.41) is 11.2. The second kappa shape index (κ2) is 4.60. The summed E-state index contributed by atoms with van der Waals surface area (Å²) in [7, 11) is 0. The Kier molecular flexibility index (Phi) is 3.12. The minimum absolute atomic E-state index is 0.00408. The average Bonchev–Trinajstić information content (AvgIpc) is 2.34. The molecule has 1 aliphatic heterocycles. The van der Waals surface area contributed by atoms with Crippen molar-refractivity contribution in [3.8, 4) is 0 Å². The maximum Gasteiger partial charge on any atom is 0.337 e. The normalized spacial score (nSPS) is 19.2. The molecule has 1 aromatic rings. The van der Waals surface area contributed by atoms with E-state index in [9.17, 15) is 14.4 Å². The van der Waals surface area contributed by atoms with Crippen LogP contribution in [0.2, 0.25) is 0 Å². The van der Waals surface area contributed by atoms with Gasteiger partial charge in [0, 0.05) is 11.4 Å². The first kappa shape index (κ1) is 12.9. The van der Waals surface area contributed by atoms with Gasteiger partial charge < -0.3 is 15.7 Å². The number of hydrogen-bond acceptors (Lipinski definition) is 5. The van der Waals surface area contributed by atoms with Gasteiger partial charge in [-0.25, -0.2) is 4.79 Å². The number of rotatable bonds is 2. The quantitative estimate of drug-likeness (QED) is 0.504. The highest BCUT2D eigenvalue weighted by Crippen LogP contribution is 2.24. The maximum atomic E-state index is 11.6. The van der Waals surface area contributed by atoms with Crippen LogP contribution >= 0.6 is 0 Å². The summed E-state index contributed by atoms with van der Waals surface area (Å²) in [6.07, 6.45) is 0. The Labute approximate surface area is 109 Å². The van der Waals surface area contributed by atoms with E-state index in [-0.39, 0.29) is 17.8 Å². The van der Waals surface area contributed by atoms with E-state index in [0.29, 0.717) is 5.69 Å². The third-order valence-corrected chi connectivity index (χ3v) is 3.02. The fourth-order valence-electron chi connectivity index (χ4n) is 1.94. The highest BCUT2D eigenvalue weighted by molar-refractivity contribution is 6.04. The number of carboxylic acid groups (broad SMARTS) is 1. The third-order valence-electron chi connectivity index (χ3n) is 3.02. The minimum atomic E-state index is -1.15. The van der Waals surface area contributed by atoms with Gasteiger partial charge in [0.2, 0.25) is 11.8 Å². The predicted octanol–water partition coefficient (Wildman–Crippen LogP) is -0.182. The summed E-state index contributed by atoms with van der Waals surface area (Å²) in [5.41, 5.74) is 6.12. The molecule has 2 amide bonds. The van der Waals surface area contributed by atoms with E-state index in [0.717, 1.165) is 0 Å². The van der Waals surface area contributed by atoms with E-state index in [1.807, 2.05) is 0 Å². The summed E-state index contributed by atoms with van der Waals surface area (Å²) in [5.74, 6) is -1.98. The number of hydrogen-bond donors (Lipinski definition) is 3. The minimum Gasteiger partial charge on any atom is -0.478 e. The van der Waals surface area contributed by atoms with Crippen molar-refractivity contribution in [2.45, 2.75) is 13.0 Å². The Morgan fingerprint density at radius 3 is 2.79 bits per heavy atom. The second-order valence-electron chi connectivity index (χ2n) is 4.29. The van der Waals surface area contributed by atoms with Gasteiger partial charge in [-0.1, -0.05) is 0 Å². The van der Waals surface area contributed by atoms with Gasteiger partial charge >= 0.3 is 5.97 Å². The van der Waals surface area contributed by atoms with E-state index in [1.54, 1.807) is 13.0 Å². The van der Waals surface area contributed by atoms with Crippen molar-refractivity contribution >= 4 is 29.2 Å². The molecule has 0 radical (unpaired) electrons. The largest absolute Gasteiger partial charge is 0.478 e. The summed E-state index contributed by atoms with van der Waals surface area (Å²) in [4.78, 5) is 35.5. The molecule has 19 heavy (non-hydrogen) atoms. The van der Waals surface area contributed by atoms with Gasteiger partial charge in [-0.2, -0.15) is 0 Å². The second-order valence-corrected chi connectivity index (χ2v) is 4.29. The molecule has 0 spiro atoms. The first-order chi connectivity index (χ1) is 8.90. The van der Waals surface area contributed by atoms with Crippen LogP contribution in [0.15, 0.2) is 18.2 Å². The van der Waals surface area contributed by atoms with Gasteiger partial charge in [0.15, 0.2) is 0 Å². The Hall–Kier alpha value is -2.57. The van der Waals surface area contributed by atoms with Crippen LogP contribution in [0.5, 0.6) is 0 Å². The number of carbonyl (C=O) groups is 3. The summed E-state index contributed by atoms with van der Waals surface area (Å²) in [6, 6.07) is 3.84. The molecule has 1 aliphatic rings. The van der Waals surface area contributed by atoms with Crippen LogP contribution in [0.3, 0.4) is 0 Å². The van der Waals surface area contributed by atoms with Gasteiger partial charge in [0.1, 0.15) is 6.04 Å². The molecule has 7 heteroatoms. The first-order valence-corrected chi connectivity index (χ1v) is 5.63. The van der Waals surface area contributed by atoms with Gasteiger partial charge in [0.05, 0.1) is 12.1 Å². The van der Waals surface area contributed by atoms with Gasteiger partial charge in [-0.15, -0.1) is 0 Å². The maximum absolute atomic E-state index is 11.6. The van der Waals surface area contributed by atoms with Crippen LogP contribution in [0.1, 0.15) is 17.3 Å². The van der Waals surface area contributed by atoms with Gasteiger partial charge in [-0.3, -0.25) is 14.9 Å². The Bertz CT molecular complexity index is 570. The molecule has 0 aromatic heterocycles. The zero-order valence-corrected chi connectivity index (χ0v) is 10.2. The molecule has 4 N–H and O–H groups in total. The molecule has 0 saturated carbocycles. The predicted molar refractivity (Wildman–Crippen MR) is 67.8 cm³/mol. The number of anilines is 2. The topological polar surface area (TPSA) is 113 Å². The van der Waals surface area contributed by atoms with E-state index in [4.69, 9.17) is 10.8 Å². The van der Waals surface area contributed by atoms with E-state index >= 15 is 0 Å². The van der Waals surface area contributed by atoms with E-state index in [1.165, 1.54) is 17.0 Å². The Morgan fingerprint density at radius 2 is 2.16 bits per heavy atom. The number of nitrogens with one attached hydrogen (secondary N) is 1. The molecular weight excluding hydrogens is 250 g/mol. The number of nitrogens with zero attached hydrogens (tertiary/aromatic N) is 1. The molecule has 7 nitrogen and oxygen atoms in total. The lowest BCUT2D eigenvalue weighted by molar-refractivity contribution is -0.132. The number of imide groups is 1. The fraction of sp³-hybridized carbons (Fsp3) is 0.250. The molecule has 1 aromatic carbocycles. The zero-order valence-electron chi connectivity index (χ0n) is 10.2. The lowest BCUT2D eigenvalue weighted by atomic mass is 10.1. The van der Waals surface area contributed by atoms with Crippen molar-refractivity contribution in [1.29, 1.82) is 0 Å². The lowest BCUT2D eigenvalue weighted by Gasteiger charge is -2.33. The van der Waals surface area contributed by atoms with E-state index < -0.39 is 23.8 Å². The van der Waals surface area contributed by atoms with Crippen LogP contribution in [0.25, 0.3) is 0 Å². The average molecular weight is 263 g/mol. The number of nitrogen functional groups attached to an aromatic ring is 1. The van der Waals surface area contributed by atoms with Crippen molar-refractivity contribution in [2.24, 2.45) is 0 Å². The highest BCUT2D eigenvalue weighted by Gasteiger charge is 2.30. The van der Waals surface area contributed by atoms with Crippen LogP contribution in [0, 0.1) is 0 Å². The van der Waals surface area contributed by atoms with Crippen LogP contribution < -0.4 is 16.0 Å². The van der Waals surface area contributed by atoms with Crippen molar-refractivity contribution in [3.05, 3.63) is 23.8 Å². The number of amides is 2. The zero-order chi connectivity index (χ0) is 14.2. The fourth-order valence-corrected chi connectivity index (χ4v) is 1.94. The van der Waals surface area contributed by atoms with Crippen LogP contribution in [-0.4, -0.2) is 35.5 Å². The molecule has 1 fully saturated rings. The molecule has 0 bridgehead atoms. The molecular formula is C12H13N3O4. The van der Waals surface area contributed by atoms with Crippen molar-refractivity contribution in [2.75, 3.05) is 17.2 Å². The lowest BCUT2D eigenvalue weighted by Crippen LogP contribution is -2.57. The molecule has 1 heterocycles. The molecule has 1 saturated heterocycles. The third kappa shape index (κ3) is 2.35. The summed E-state index contributed by atoms with van der Waals surface area (Å²) < 4.78 is 0. The number of carboxylic acids is 1. The first-order valence-electron chi connectivity index (χ1n) is 5.63. The highest BCUT2D eigenvalue weighted by atomic mass is 16.4. The van der Waals surface area contributed by atoms with Crippen molar-refractivity contribution in [3.63, 3.8) is 0 Å².